The maximum atomic E-state index is 12.9. The Kier molecular flexibility index (Phi) is 55.4. The lowest BCUT2D eigenvalue weighted by molar-refractivity contribution is -0.870. The Balaban J connectivity index is 4.12. The number of hydrogen-bond donors (Lipinski definition) is 0. The Morgan fingerprint density at radius 3 is 1.13 bits per heavy atom. The van der Waals surface area contributed by atoms with Crippen LogP contribution in [0.25, 0.3) is 0 Å². The molecule has 0 saturated heterocycles. The molecule has 0 bridgehead atoms. The highest BCUT2D eigenvalue weighted by molar-refractivity contribution is 5.70. The van der Waals surface area contributed by atoms with E-state index in [1.807, 2.05) is 21.1 Å². The van der Waals surface area contributed by atoms with E-state index in [1.54, 1.807) is 0 Å². The molecule has 0 aromatic rings. The number of esters is 2. The summed E-state index contributed by atoms with van der Waals surface area (Å²) in [6.07, 6.45) is 72.5. The number of nitrogens with zero attached hydrogens (tertiary/aromatic N) is 1. The fraction of sp³-hybridized carbons (Fsp3) is 0.776. The predicted molar refractivity (Wildman–Crippen MR) is 320 cm³/mol. The first-order chi connectivity index (χ1) is 37.1. The van der Waals surface area contributed by atoms with Crippen LogP contribution in [0, 0.1) is 0 Å². The summed E-state index contributed by atoms with van der Waals surface area (Å²) in [6.45, 7) is 4.65. The molecule has 9 nitrogen and oxygen atoms in total. The zero-order valence-electron chi connectivity index (χ0n) is 50.1. The van der Waals surface area contributed by atoms with Crippen molar-refractivity contribution in [3.63, 3.8) is 0 Å². The molecule has 0 aromatic heterocycles. The van der Waals surface area contributed by atoms with E-state index < -0.39 is 24.3 Å². The number of carbonyl (C=O) groups is 3. The summed E-state index contributed by atoms with van der Waals surface area (Å²) in [6, 6.07) is 0. The van der Waals surface area contributed by atoms with Gasteiger partial charge in [-0.25, -0.2) is 0 Å². The Morgan fingerprint density at radius 2 is 0.750 bits per heavy atom. The minimum absolute atomic E-state index is 0.146. The van der Waals surface area contributed by atoms with Crippen LogP contribution in [0.4, 0.5) is 0 Å². The highest BCUT2D eigenvalue weighted by Gasteiger charge is 2.22. The number of ether oxygens (including phenoxy) is 4. The summed E-state index contributed by atoms with van der Waals surface area (Å²) in [7, 11) is 5.93. The molecule has 0 amide bonds. The molecule has 0 saturated carbocycles. The van der Waals surface area contributed by atoms with Crippen LogP contribution in [0.5, 0.6) is 0 Å². The number of rotatable bonds is 58. The van der Waals surface area contributed by atoms with E-state index >= 15 is 0 Å². The van der Waals surface area contributed by atoms with Gasteiger partial charge < -0.3 is 33.3 Å². The molecule has 2 atom stereocenters. The van der Waals surface area contributed by atoms with Crippen LogP contribution < -0.4 is 5.11 Å². The summed E-state index contributed by atoms with van der Waals surface area (Å²) in [4.78, 5) is 37.3. The van der Waals surface area contributed by atoms with Gasteiger partial charge in [0.15, 0.2) is 12.4 Å². The lowest BCUT2D eigenvalue weighted by Crippen LogP contribution is -2.44. The maximum absolute atomic E-state index is 12.9. The number of carboxylic acids is 1. The highest BCUT2D eigenvalue weighted by Crippen LogP contribution is 2.17. The minimum atomic E-state index is -1.62. The van der Waals surface area contributed by atoms with Gasteiger partial charge in [-0.3, -0.25) is 9.59 Å². The molecule has 0 aliphatic carbocycles. The molecule has 0 fully saturated rings. The molecule has 0 aliphatic heterocycles. The van der Waals surface area contributed by atoms with Gasteiger partial charge in [0.25, 0.3) is 0 Å². The van der Waals surface area contributed by atoms with Crippen LogP contribution in [0.1, 0.15) is 277 Å². The second-order valence-electron chi connectivity index (χ2n) is 22.3. The summed E-state index contributed by atoms with van der Waals surface area (Å²) >= 11 is 0. The van der Waals surface area contributed by atoms with Crippen LogP contribution in [0.2, 0.25) is 0 Å². The third-order valence-corrected chi connectivity index (χ3v) is 13.7. The second kappa shape index (κ2) is 57.9. The monoisotopic (exact) mass is 1070 g/mol. The SMILES string of the molecule is CC/C=C\C/C=C\C/C=C\C/C=C\C/C=C\CCCCCCCCCCCCCCCCCCCC(=O)OC(COC(=O)CCCCCCCCC/C=C\CCCCCCCCC)COC(OCC[N+](C)(C)C)C(=O)[O-]. The van der Waals surface area contributed by atoms with Gasteiger partial charge in [-0.05, 0) is 83.5 Å². The van der Waals surface area contributed by atoms with Crippen LogP contribution in [-0.2, 0) is 33.3 Å². The first kappa shape index (κ1) is 72.7. The number of likely N-dealkylation sites (N-methyl/N-ethyl adjacent to an activating group) is 1. The van der Waals surface area contributed by atoms with E-state index in [4.69, 9.17) is 18.9 Å². The van der Waals surface area contributed by atoms with E-state index in [-0.39, 0.29) is 38.6 Å². The molecule has 2 unspecified atom stereocenters. The van der Waals surface area contributed by atoms with Crippen LogP contribution in [-0.4, -0.2) is 82.3 Å². The molecule has 0 radical (unpaired) electrons. The van der Waals surface area contributed by atoms with Gasteiger partial charge in [0.2, 0.25) is 0 Å². The van der Waals surface area contributed by atoms with Gasteiger partial charge in [-0.1, -0.05) is 254 Å². The highest BCUT2D eigenvalue weighted by atomic mass is 16.7. The van der Waals surface area contributed by atoms with Crippen molar-refractivity contribution in [2.45, 2.75) is 289 Å². The van der Waals surface area contributed by atoms with Crippen LogP contribution in [0.15, 0.2) is 72.9 Å². The Bertz CT molecular complexity index is 1470. The number of carboxylic acid groups (broad SMARTS) is 1. The van der Waals surface area contributed by atoms with Gasteiger partial charge in [0.1, 0.15) is 13.2 Å². The van der Waals surface area contributed by atoms with Crippen molar-refractivity contribution in [1.82, 2.24) is 0 Å². The van der Waals surface area contributed by atoms with Crippen molar-refractivity contribution in [2.24, 2.45) is 0 Å². The molecule has 0 spiro atoms. The Labute approximate surface area is 468 Å². The fourth-order valence-electron chi connectivity index (χ4n) is 8.85. The van der Waals surface area contributed by atoms with Crippen molar-refractivity contribution in [3.05, 3.63) is 72.9 Å². The minimum Gasteiger partial charge on any atom is -0.545 e. The zero-order chi connectivity index (χ0) is 55.5. The smallest absolute Gasteiger partial charge is 0.306 e. The third kappa shape index (κ3) is 58.4. The van der Waals surface area contributed by atoms with Gasteiger partial charge in [0, 0.05) is 12.8 Å². The van der Waals surface area contributed by atoms with Crippen molar-refractivity contribution in [2.75, 3.05) is 47.5 Å². The van der Waals surface area contributed by atoms with Crippen LogP contribution in [0.3, 0.4) is 0 Å². The first-order valence-electron chi connectivity index (χ1n) is 31.6. The molecular formula is C67H119NO8. The molecule has 0 aromatic carbocycles. The lowest BCUT2D eigenvalue weighted by atomic mass is 10.0. The van der Waals surface area contributed by atoms with E-state index in [1.165, 1.54) is 173 Å². The average Bonchev–Trinajstić information content (AvgIpc) is 3.39. The van der Waals surface area contributed by atoms with Gasteiger partial charge in [-0.2, -0.15) is 0 Å². The number of unbranched alkanes of at least 4 members (excludes halogenated alkanes) is 31. The van der Waals surface area contributed by atoms with Gasteiger partial charge in [-0.15, -0.1) is 0 Å². The normalized spacial score (nSPS) is 13.2. The zero-order valence-corrected chi connectivity index (χ0v) is 50.1. The third-order valence-electron chi connectivity index (χ3n) is 13.7. The standard InChI is InChI=1S/C67H119NO8/c1-6-8-10-12-14-16-18-20-22-24-26-27-28-29-30-31-32-33-34-35-36-37-38-39-40-42-44-46-48-50-52-54-56-58-65(70)76-63(62-75-67(66(71)72)73-60-59-68(3,4)5)61-74-64(69)57-55-53-51-49-47-45-43-41-25-23-21-19-17-15-13-11-9-7-2/h8,10,14,16,20,22-23,25-27,29-30,63,67H,6-7,9,11-13,15,17-19,21,24,28,31-62H2,1-5H3/b10-8-,16-14-,22-20-,25-23-,27-26-,30-29-. The van der Waals surface area contributed by atoms with E-state index in [2.05, 4.69) is 86.8 Å². The van der Waals surface area contributed by atoms with E-state index in [0.29, 0.717) is 17.4 Å². The quantitative estimate of drug-likeness (QED) is 0.0195. The van der Waals surface area contributed by atoms with Crippen molar-refractivity contribution in [3.8, 4) is 0 Å². The molecule has 0 rings (SSSR count). The number of hydrogen-bond acceptors (Lipinski definition) is 8. The van der Waals surface area contributed by atoms with Crippen LogP contribution >= 0.6 is 0 Å². The van der Waals surface area contributed by atoms with Gasteiger partial charge in [0.05, 0.1) is 40.3 Å². The molecule has 76 heavy (non-hydrogen) atoms. The molecular weight excluding hydrogens is 947 g/mol. The van der Waals surface area contributed by atoms with Crippen molar-refractivity contribution >= 4 is 17.9 Å². The number of carbonyl (C=O) groups excluding carboxylic acids is 3. The summed E-state index contributed by atoms with van der Waals surface area (Å²) < 4.78 is 22.7. The number of quaternary nitrogens is 1. The van der Waals surface area contributed by atoms with Crippen molar-refractivity contribution < 1.29 is 42.9 Å². The number of allylic oxidation sites excluding steroid dienone is 12. The molecule has 0 aliphatic rings. The van der Waals surface area contributed by atoms with E-state index in [0.717, 1.165) is 70.6 Å². The maximum Gasteiger partial charge on any atom is 0.306 e. The fourth-order valence-corrected chi connectivity index (χ4v) is 8.85. The summed E-state index contributed by atoms with van der Waals surface area (Å²) in [5.74, 6) is -2.28. The van der Waals surface area contributed by atoms with E-state index in [9.17, 15) is 19.5 Å². The van der Waals surface area contributed by atoms with Gasteiger partial charge >= 0.3 is 11.9 Å². The summed E-state index contributed by atoms with van der Waals surface area (Å²) in [5, 5.41) is 11.8. The summed E-state index contributed by atoms with van der Waals surface area (Å²) in [5.41, 5.74) is 0. The molecule has 440 valence electrons. The Hall–Kier alpha value is -3.27. The molecule has 0 heterocycles. The largest absolute Gasteiger partial charge is 0.545 e. The molecule has 9 heteroatoms. The number of aliphatic carboxylic acids is 1. The second-order valence-corrected chi connectivity index (χ2v) is 22.3. The molecule has 0 N–H and O–H groups in total. The average molecular weight is 1070 g/mol. The van der Waals surface area contributed by atoms with Crippen molar-refractivity contribution in [1.29, 1.82) is 0 Å². The first-order valence-corrected chi connectivity index (χ1v) is 31.6. The predicted octanol–water partition coefficient (Wildman–Crippen LogP) is 17.6. The lowest BCUT2D eigenvalue weighted by Gasteiger charge is -2.26. The topological polar surface area (TPSA) is 111 Å². The Morgan fingerprint density at radius 1 is 0.408 bits per heavy atom.